The van der Waals surface area contributed by atoms with E-state index in [9.17, 15) is 15.0 Å². The Morgan fingerprint density at radius 3 is 1.83 bits per heavy atom. The molecule has 0 bridgehead atoms. The second kappa shape index (κ2) is 8.67. The molecule has 182 valence electrons. The summed E-state index contributed by atoms with van der Waals surface area (Å²) < 4.78 is 0. The summed E-state index contributed by atoms with van der Waals surface area (Å²) in [4.78, 5) is 11.3. The monoisotopic (exact) mass is 476 g/mol. The number of phenols is 1. The largest absolute Gasteiger partial charge is 0.507 e. The van der Waals surface area contributed by atoms with E-state index >= 15 is 0 Å². The molecule has 0 spiro atoms. The first-order valence-electron chi connectivity index (χ1n) is 12.5. The molecule has 0 unspecified atom stereocenters. The highest BCUT2D eigenvalue weighted by atomic mass is 16.4. The van der Waals surface area contributed by atoms with E-state index in [1.807, 2.05) is 36.4 Å². The van der Waals surface area contributed by atoms with E-state index in [0.29, 0.717) is 0 Å². The number of phenolic OH excluding ortho intramolecular Hbond substituents is 1. The fraction of sp³-hybridized carbons (Fsp3) is 0.242. The van der Waals surface area contributed by atoms with Crippen LogP contribution in [0.2, 0.25) is 0 Å². The van der Waals surface area contributed by atoms with Crippen molar-refractivity contribution >= 4 is 5.97 Å². The lowest BCUT2D eigenvalue weighted by atomic mass is 9.62. The Balaban J connectivity index is 1.74. The van der Waals surface area contributed by atoms with Crippen molar-refractivity contribution in [3.8, 4) is 39.1 Å². The molecular formula is C33H32O3. The predicted octanol–water partition coefficient (Wildman–Crippen LogP) is 8.44. The Labute approximate surface area is 213 Å². The summed E-state index contributed by atoms with van der Waals surface area (Å²) in [6.07, 6.45) is 2.18. The molecule has 2 N–H and O–H groups in total. The van der Waals surface area contributed by atoms with E-state index in [4.69, 9.17) is 0 Å². The van der Waals surface area contributed by atoms with E-state index in [-0.39, 0.29) is 22.1 Å². The number of aromatic hydroxyl groups is 1. The minimum Gasteiger partial charge on any atom is -0.507 e. The fourth-order valence-electron chi connectivity index (χ4n) is 5.44. The van der Waals surface area contributed by atoms with Crippen molar-refractivity contribution in [3.05, 3.63) is 102 Å². The highest BCUT2D eigenvalue weighted by molar-refractivity contribution is 5.91. The number of carboxylic acid groups (broad SMARTS) is 1. The topological polar surface area (TPSA) is 57.5 Å². The molecule has 0 saturated heterocycles. The molecule has 0 radical (unpaired) electrons. The minimum absolute atomic E-state index is 0.0108. The Kier molecular flexibility index (Phi) is 5.75. The zero-order valence-corrected chi connectivity index (χ0v) is 21.3. The summed E-state index contributed by atoms with van der Waals surface area (Å²) >= 11 is 0. The van der Waals surface area contributed by atoms with Gasteiger partial charge >= 0.3 is 5.97 Å². The van der Waals surface area contributed by atoms with Gasteiger partial charge in [-0.25, -0.2) is 4.79 Å². The van der Waals surface area contributed by atoms with Gasteiger partial charge in [0.05, 0.1) is 5.56 Å². The molecule has 0 amide bonds. The van der Waals surface area contributed by atoms with Crippen molar-refractivity contribution < 1.29 is 15.0 Å². The second-order valence-electron chi connectivity index (χ2n) is 11.2. The molecule has 4 aromatic rings. The van der Waals surface area contributed by atoms with Crippen molar-refractivity contribution in [2.45, 2.75) is 51.4 Å². The van der Waals surface area contributed by atoms with Gasteiger partial charge in [-0.05, 0) is 92.9 Å². The zero-order chi connectivity index (χ0) is 25.7. The van der Waals surface area contributed by atoms with Gasteiger partial charge in [0.1, 0.15) is 5.75 Å². The maximum absolute atomic E-state index is 11.4. The maximum Gasteiger partial charge on any atom is 0.335 e. The van der Waals surface area contributed by atoms with Crippen LogP contribution in [0.4, 0.5) is 0 Å². The number of carboxylic acids is 1. The summed E-state index contributed by atoms with van der Waals surface area (Å²) in [7, 11) is 0. The zero-order valence-electron chi connectivity index (χ0n) is 21.3. The van der Waals surface area contributed by atoms with Gasteiger partial charge in [0.2, 0.25) is 0 Å². The van der Waals surface area contributed by atoms with Gasteiger partial charge in [0, 0.05) is 5.56 Å². The van der Waals surface area contributed by atoms with Crippen molar-refractivity contribution in [1.82, 2.24) is 0 Å². The molecule has 4 aromatic carbocycles. The van der Waals surface area contributed by atoms with Crippen LogP contribution in [0.15, 0.2) is 84.9 Å². The maximum atomic E-state index is 11.4. The van der Waals surface area contributed by atoms with Gasteiger partial charge in [-0.2, -0.15) is 0 Å². The highest BCUT2D eigenvalue weighted by Gasteiger charge is 2.38. The summed E-state index contributed by atoms with van der Waals surface area (Å²) in [5, 5.41) is 20.7. The third kappa shape index (κ3) is 4.19. The van der Waals surface area contributed by atoms with Crippen LogP contribution in [-0.4, -0.2) is 16.2 Å². The van der Waals surface area contributed by atoms with Crippen LogP contribution in [0.3, 0.4) is 0 Å². The normalized spacial score (nSPS) is 15.8. The number of fused-ring (bicyclic) bond motifs is 1. The van der Waals surface area contributed by atoms with E-state index in [1.165, 1.54) is 11.1 Å². The standard InChI is InChI=1S/C33H32O3/c1-32(2)16-17-33(3,4)29-20-30(34)27(19-28(29)32)26-18-24(21-10-12-23(13-11-21)31(35)36)14-15-25(26)22-8-6-5-7-9-22/h5-15,18-20,34H,16-17H2,1-4H3,(H,35,36). The highest BCUT2D eigenvalue weighted by Crippen LogP contribution is 2.50. The predicted molar refractivity (Wildman–Crippen MR) is 147 cm³/mol. The van der Waals surface area contributed by atoms with Gasteiger partial charge in [0.25, 0.3) is 0 Å². The van der Waals surface area contributed by atoms with E-state index < -0.39 is 5.97 Å². The number of carbonyl (C=O) groups is 1. The lowest BCUT2D eigenvalue weighted by Gasteiger charge is -2.42. The Morgan fingerprint density at radius 2 is 1.22 bits per heavy atom. The lowest BCUT2D eigenvalue weighted by molar-refractivity contribution is 0.0697. The SMILES string of the molecule is CC1(C)CCC(C)(C)c2cc(-c3cc(-c4ccc(C(=O)O)cc4)ccc3-c3ccccc3)c(O)cc21. The average molecular weight is 477 g/mol. The van der Waals surface area contributed by atoms with Crippen molar-refractivity contribution in [3.63, 3.8) is 0 Å². The van der Waals surface area contributed by atoms with Gasteiger partial charge in [-0.1, -0.05) is 82.3 Å². The first-order valence-corrected chi connectivity index (χ1v) is 12.5. The molecule has 0 saturated carbocycles. The Bertz CT molecular complexity index is 1440. The summed E-state index contributed by atoms with van der Waals surface area (Å²) in [6.45, 7) is 9.11. The Morgan fingerprint density at radius 1 is 0.639 bits per heavy atom. The molecule has 36 heavy (non-hydrogen) atoms. The third-order valence-corrected chi connectivity index (χ3v) is 7.83. The van der Waals surface area contributed by atoms with Crippen LogP contribution in [0.25, 0.3) is 33.4 Å². The number of hydrogen-bond donors (Lipinski definition) is 2. The van der Waals surface area contributed by atoms with Gasteiger partial charge in [-0.3, -0.25) is 0 Å². The van der Waals surface area contributed by atoms with Crippen LogP contribution < -0.4 is 0 Å². The molecule has 0 fully saturated rings. The average Bonchev–Trinajstić information content (AvgIpc) is 2.87. The van der Waals surface area contributed by atoms with E-state index in [0.717, 1.165) is 46.2 Å². The van der Waals surface area contributed by atoms with Crippen molar-refractivity contribution in [2.24, 2.45) is 0 Å². The molecule has 1 aliphatic rings. The van der Waals surface area contributed by atoms with Crippen LogP contribution in [-0.2, 0) is 10.8 Å². The first kappa shape index (κ1) is 23.9. The molecule has 0 heterocycles. The fourth-order valence-corrected chi connectivity index (χ4v) is 5.44. The number of hydrogen-bond acceptors (Lipinski definition) is 2. The second-order valence-corrected chi connectivity index (χ2v) is 11.2. The van der Waals surface area contributed by atoms with Gasteiger partial charge < -0.3 is 10.2 Å². The number of rotatable bonds is 4. The molecular weight excluding hydrogens is 444 g/mol. The van der Waals surface area contributed by atoms with Crippen LogP contribution in [0.5, 0.6) is 5.75 Å². The molecule has 0 atom stereocenters. The third-order valence-electron chi connectivity index (χ3n) is 7.83. The Hall–Kier alpha value is -3.85. The van der Waals surface area contributed by atoms with Crippen molar-refractivity contribution in [2.75, 3.05) is 0 Å². The molecule has 3 heteroatoms. The summed E-state index contributed by atoms with van der Waals surface area (Å²) in [5.74, 6) is -0.652. The van der Waals surface area contributed by atoms with Gasteiger partial charge in [-0.15, -0.1) is 0 Å². The first-order chi connectivity index (χ1) is 17.1. The quantitative estimate of drug-likeness (QED) is 0.311. The molecule has 1 aliphatic carbocycles. The molecule has 0 aliphatic heterocycles. The van der Waals surface area contributed by atoms with Crippen LogP contribution >= 0.6 is 0 Å². The van der Waals surface area contributed by atoms with Crippen LogP contribution in [0, 0.1) is 0 Å². The van der Waals surface area contributed by atoms with E-state index in [2.05, 4.69) is 64.1 Å². The lowest BCUT2D eigenvalue weighted by Crippen LogP contribution is -2.33. The minimum atomic E-state index is -0.939. The van der Waals surface area contributed by atoms with Crippen molar-refractivity contribution in [1.29, 1.82) is 0 Å². The smallest absolute Gasteiger partial charge is 0.335 e. The number of aromatic carboxylic acids is 1. The summed E-state index contributed by atoms with van der Waals surface area (Å²) in [6, 6.07) is 27.6. The van der Waals surface area contributed by atoms with Gasteiger partial charge in [0.15, 0.2) is 0 Å². The molecule has 3 nitrogen and oxygen atoms in total. The number of benzene rings is 4. The summed E-state index contributed by atoms with van der Waals surface area (Å²) in [5.41, 5.74) is 8.62. The molecule has 0 aromatic heterocycles. The molecule has 5 rings (SSSR count). The van der Waals surface area contributed by atoms with Crippen LogP contribution in [0.1, 0.15) is 62.0 Å². The van der Waals surface area contributed by atoms with E-state index in [1.54, 1.807) is 12.1 Å².